The summed E-state index contributed by atoms with van der Waals surface area (Å²) in [5.74, 6) is 0. The van der Waals surface area contributed by atoms with Crippen LogP contribution in [-0.2, 0) is 6.54 Å². The lowest BCUT2D eigenvalue weighted by molar-refractivity contribution is 0.674. The predicted octanol–water partition coefficient (Wildman–Crippen LogP) is 3.14. The minimum atomic E-state index is -1.35. The molecule has 0 aliphatic rings. The number of hydrogen-bond donors (Lipinski definition) is 0. The molecule has 0 atom stereocenters. The van der Waals surface area contributed by atoms with Gasteiger partial charge in [-0.3, -0.25) is 0 Å². The average molecular weight is 239 g/mol. The first-order valence-corrected chi connectivity index (χ1v) is 8.44. The smallest absolute Gasteiger partial charge is 0.150 e. The van der Waals surface area contributed by atoms with E-state index in [1.165, 1.54) is 12.5 Å². The summed E-state index contributed by atoms with van der Waals surface area (Å²) in [6, 6.07) is 1.17. The Morgan fingerprint density at radius 3 is 2.62 bits per heavy atom. The van der Waals surface area contributed by atoms with Crippen molar-refractivity contribution in [3.63, 3.8) is 0 Å². The molecule has 0 amide bonds. The molecule has 1 aromatic heterocycles. The van der Waals surface area contributed by atoms with Gasteiger partial charge in [0.1, 0.15) is 0 Å². The third kappa shape index (κ3) is 6.13. The van der Waals surface area contributed by atoms with E-state index in [1.54, 1.807) is 0 Å². The first kappa shape index (κ1) is 13.0. The molecule has 5 heteroatoms. The molecular formula is C8H16Cl2N2Si. The Hall–Kier alpha value is 0.00688. The molecule has 0 N–H and O–H groups in total. The number of halogens is 2. The van der Waals surface area contributed by atoms with Gasteiger partial charge >= 0.3 is 0 Å². The highest BCUT2D eigenvalue weighted by Gasteiger charge is 2.15. The van der Waals surface area contributed by atoms with Crippen LogP contribution >= 0.6 is 23.5 Å². The summed E-state index contributed by atoms with van der Waals surface area (Å²) in [5.41, 5.74) is 0. The van der Waals surface area contributed by atoms with Crippen molar-refractivity contribution in [2.45, 2.75) is 32.1 Å². The summed E-state index contributed by atoms with van der Waals surface area (Å²) in [6.45, 7) is 5.41. The fourth-order valence-electron chi connectivity index (χ4n) is 1.10. The van der Waals surface area contributed by atoms with E-state index in [-0.39, 0.29) is 12.4 Å². The first-order valence-electron chi connectivity index (χ1n) is 4.22. The van der Waals surface area contributed by atoms with Crippen molar-refractivity contribution >= 4 is 30.9 Å². The van der Waals surface area contributed by atoms with Crippen molar-refractivity contribution in [1.82, 2.24) is 9.55 Å². The SMILES string of the molecule is C[Si](C)(Cl)CCCn1ccnc1.Cl. The molecular weight excluding hydrogens is 223 g/mol. The highest BCUT2D eigenvalue weighted by atomic mass is 35.6. The Kier molecular flexibility index (Phi) is 5.68. The van der Waals surface area contributed by atoms with Crippen LogP contribution in [0.1, 0.15) is 6.42 Å². The average Bonchev–Trinajstić information content (AvgIpc) is 2.36. The molecule has 0 bridgehead atoms. The van der Waals surface area contributed by atoms with Crippen LogP contribution in [0.25, 0.3) is 0 Å². The molecule has 0 fully saturated rings. The molecule has 1 aromatic rings. The van der Waals surface area contributed by atoms with Crippen LogP contribution in [0.4, 0.5) is 0 Å². The molecule has 0 saturated heterocycles. The lowest BCUT2D eigenvalue weighted by Gasteiger charge is -2.11. The van der Waals surface area contributed by atoms with Gasteiger partial charge in [0, 0.05) is 18.9 Å². The lowest BCUT2D eigenvalue weighted by Crippen LogP contribution is -2.16. The number of rotatable bonds is 4. The second-order valence-corrected chi connectivity index (χ2v) is 10.6. The van der Waals surface area contributed by atoms with Crippen molar-refractivity contribution in [2.24, 2.45) is 0 Å². The van der Waals surface area contributed by atoms with Crippen LogP contribution in [0.3, 0.4) is 0 Å². The summed E-state index contributed by atoms with van der Waals surface area (Å²) in [5, 5.41) is 0. The standard InChI is InChI=1S/C8H15ClN2Si.ClH/c1-12(2,9)7-3-5-11-6-4-10-8-11;/h4,6,8H,3,5,7H2,1-2H3;1H. The van der Waals surface area contributed by atoms with E-state index in [1.807, 2.05) is 18.7 Å². The first-order chi connectivity index (χ1) is 5.58. The highest BCUT2D eigenvalue weighted by Crippen LogP contribution is 2.16. The van der Waals surface area contributed by atoms with Crippen molar-refractivity contribution in [2.75, 3.05) is 0 Å². The van der Waals surface area contributed by atoms with Crippen LogP contribution in [0.2, 0.25) is 19.1 Å². The predicted molar refractivity (Wildman–Crippen MR) is 62.2 cm³/mol. The van der Waals surface area contributed by atoms with Crippen LogP contribution in [0, 0.1) is 0 Å². The largest absolute Gasteiger partial charge is 0.338 e. The number of hydrogen-bond acceptors (Lipinski definition) is 1. The van der Waals surface area contributed by atoms with Gasteiger partial charge in [0.15, 0.2) is 7.38 Å². The Labute approximate surface area is 91.4 Å². The minimum absolute atomic E-state index is 0. The number of aryl methyl sites for hydroxylation is 1. The Balaban J connectivity index is 0.00000144. The molecule has 0 aliphatic carbocycles. The normalized spacial score (nSPS) is 11.0. The fourth-order valence-corrected chi connectivity index (χ4v) is 2.50. The van der Waals surface area contributed by atoms with Gasteiger partial charge in [-0.25, -0.2) is 4.98 Å². The van der Waals surface area contributed by atoms with Crippen molar-refractivity contribution in [3.8, 4) is 0 Å². The zero-order chi connectivity index (χ0) is 9.03. The second-order valence-electron chi connectivity index (χ2n) is 3.62. The summed E-state index contributed by atoms with van der Waals surface area (Å²) in [6.07, 6.45) is 6.81. The minimum Gasteiger partial charge on any atom is -0.338 e. The molecule has 0 aromatic carbocycles. The van der Waals surface area contributed by atoms with Gasteiger partial charge in [0.25, 0.3) is 0 Å². The molecule has 1 heterocycles. The summed E-state index contributed by atoms with van der Waals surface area (Å²) < 4.78 is 2.09. The van der Waals surface area contributed by atoms with Gasteiger partial charge in [0.2, 0.25) is 0 Å². The quantitative estimate of drug-likeness (QED) is 0.583. The Morgan fingerprint density at radius 2 is 2.15 bits per heavy atom. The highest BCUT2D eigenvalue weighted by molar-refractivity contribution is 7.19. The van der Waals surface area contributed by atoms with Crippen molar-refractivity contribution in [3.05, 3.63) is 18.7 Å². The molecule has 76 valence electrons. The Morgan fingerprint density at radius 1 is 1.46 bits per heavy atom. The molecule has 0 unspecified atom stereocenters. The molecule has 1 rings (SSSR count). The zero-order valence-corrected chi connectivity index (χ0v) is 10.6. The van der Waals surface area contributed by atoms with Gasteiger partial charge in [0.05, 0.1) is 6.33 Å². The van der Waals surface area contributed by atoms with E-state index < -0.39 is 7.38 Å². The molecule has 0 saturated carbocycles. The van der Waals surface area contributed by atoms with Crippen molar-refractivity contribution < 1.29 is 0 Å². The van der Waals surface area contributed by atoms with Gasteiger partial charge in [-0.2, -0.15) is 11.1 Å². The molecule has 0 aliphatic heterocycles. The lowest BCUT2D eigenvalue weighted by atomic mass is 10.5. The van der Waals surface area contributed by atoms with Crippen LogP contribution in [0.15, 0.2) is 18.7 Å². The maximum atomic E-state index is 6.19. The van der Waals surface area contributed by atoms with Crippen LogP contribution < -0.4 is 0 Å². The monoisotopic (exact) mass is 238 g/mol. The van der Waals surface area contributed by atoms with Gasteiger partial charge in [-0.05, 0) is 12.5 Å². The van der Waals surface area contributed by atoms with E-state index in [0.717, 1.165) is 6.54 Å². The van der Waals surface area contributed by atoms with Crippen LogP contribution in [-0.4, -0.2) is 16.9 Å². The maximum absolute atomic E-state index is 6.19. The van der Waals surface area contributed by atoms with Crippen molar-refractivity contribution in [1.29, 1.82) is 0 Å². The third-order valence-corrected chi connectivity index (χ3v) is 3.86. The maximum Gasteiger partial charge on any atom is 0.150 e. The summed E-state index contributed by atoms with van der Waals surface area (Å²) in [7, 11) is -1.35. The Bertz CT molecular complexity index is 219. The molecule has 13 heavy (non-hydrogen) atoms. The molecule has 0 radical (unpaired) electrons. The number of aromatic nitrogens is 2. The zero-order valence-electron chi connectivity index (χ0n) is 8.03. The van der Waals surface area contributed by atoms with E-state index in [4.69, 9.17) is 11.1 Å². The third-order valence-electron chi connectivity index (χ3n) is 1.75. The number of imidazole rings is 1. The van der Waals surface area contributed by atoms with Gasteiger partial charge < -0.3 is 4.57 Å². The van der Waals surface area contributed by atoms with Crippen LogP contribution in [0.5, 0.6) is 0 Å². The topological polar surface area (TPSA) is 17.8 Å². The molecule has 2 nitrogen and oxygen atoms in total. The van der Waals surface area contributed by atoms with E-state index in [9.17, 15) is 0 Å². The molecule has 0 spiro atoms. The summed E-state index contributed by atoms with van der Waals surface area (Å²) >= 11 is 6.19. The number of nitrogens with zero attached hydrogens (tertiary/aromatic N) is 2. The van der Waals surface area contributed by atoms with Gasteiger partial charge in [-0.1, -0.05) is 13.1 Å². The van der Waals surface area contributed by atoms with E-state index in [2.05, 4.69) is 22.6 Å². The summed E-state index contributed by atoms with van der Waals surface area (Å²) in [4.78, 5) is 3.98. The van der Waals surface area contributed by atoms with Gasteiger partial charge in [-0.15, -0.1) is 12.4 Å². The fraction of sp³-hybridized carbons (Fsp3) is 0.625. The van der Waals surface area contributed by atoms with E-state index in [0.29, 0.717) is 0 Å². The second kappa shape index (κ2) is 5.68. The van der Waals surface area contributed by atoms with E-state index >= 15 is 0 Å².